The van der Waals surface area contributed by atoms with Crippen molar-refractivity contribution in [2.24, 2.45) is 0 Å². The first-order valence-corrected chi connectivity index (χ1v) is 7.22. The van der Waals surface area contributed by atoms with Crippen LogP contribution in [0.15, 0.2) is 48.8 Å². The highest BCUT2D eigenvalue weighted by Gasteiger charge is 2.11. The number of rotatable bonds is 2. The number of imidazole rings is 1. The number of anilines is 1. The Morgan fingerprint density at radius 2 is 2.15 bits per heavy atom. The molecule has 0 aliphatic rings. The Morgan fingerprint density at radius 1 is 1.30 bits per heavy atom. The van der Waals surface area contributed by atoms with Crippen molar-refractivity contribution in [1.29, 1.82) is 0 Å². The Morgan fingerprint density at radius 3 is 2.95 bits per heavy atom. The molecule has 0 aliphatic carbocycles. The van der Waals surface area contributed by atoms with Crippen molar-refractivity contribution < 1.29 is 4.79 Å². The summed E-state index contributed by atoms with van der Waals surface area (Å²) in [4.78, 5) is 16.5. The summed E-state index contributed by atoms with van der Waals surface area (Å²) in [5.41, 5.74) is 3.08. The summed E-state index contributed by atoms with van der Waals surface area (Å²) in [6, 6.07) is 11.6. The standard InChI is InChI=1S/C15H12IN3O/c1-10-5-6-19-9-13(18-14(19)7-10)15(20)17-12-4-2-3-11(16)8-12/h2-9H,1H3,(H,17,20). The minimum atomic E-state index is -0.201. The molecule has 0 radical (unpaired) electrons. The van der Waals surface area contributed by atoms with E-state index in [1.807, 2.05) is 53.9 Å². The maximum absolute atomic E-state index is 12.2. The molecule has 2 aromatic heterocycles. The van der Waals surface area contributed by atoms with Gasteiger partial charge < -0.3 is 9.72 Å². The number of fused-ring (bicyclic) bond motifs is 1. The van der Waals surface area contributed by atoms with E-state index in [1.165, 1.54) is 0 Å². The summed E-state index contributed by atoms with van der Waals surface area (Å²) in [5, 5.41) is 2.86. The fraction of sp³-hybridized carbons (Fsp3) is 0.0667. The van der Waals surface area contributed by atoms with Gasteiger partial charge in [0.25, 0.3) is 5.91 Å². The number of hydrogen-bond donors (Lipinski definition) is 1. The highest BCUT2D eigenvalue weighted by atomic mass is 127. The van der Waals surface area contributed by atoms with Crippen LogP contribution in [-0.2, 0) is 0 Å². The molecule has 0 aliphatic heterocycles. The van der Waals surface area contributed by atoms with Gasteiger partial charge in [-0.2, -0.15) is 0 Å². The highest BCUT2D eigenvalue weighted by molar-refractivity contribution is 14.1. The molecule has 3 aromatic rings. The molecular formula is C15H12IN3O. The Kier molecular flexibility index (Phi) is 3.43. The zero-order chi connectivity index (χ0) is 14.1. The smallest absolute Gasteiger partial charge is 0.275 e. The van der Waals surface area contributed by atoms with Crippen molar-refractivity contribution in [2.75, 3.05) is 5.32 Å². The van der Waals surface area contributed by atoms with E-state index in [2.05, 4.69) is 32.9 Å². The molecule has 0 saturated carbocycles. The number of carbonyl (C=O) groups excluding carboxylic acids is 1. The van der Waals surface area contributed by atoms with Crippen LogP contribution in [0.25, 0.3) is 5.65 Å². The van der Waals surface area contributed by atoms with E-state index in [0.717, 1.165) is 20.5 Å². The van der Waals surface area contributed by atoms with Crippen molar-refractivity contribution in [3.8, 4) is 0 Å². The Balaban J connectivity index is 1.88. The molecule has 4 nitrogen and oxygen atoms in total. The van der Waals surface area contributed by atoms with Gasteiger partial charge in [-0.3, -0.25) is 4.79 Å². The Labute approximate surface area is 130 Å². The molecule has 0 bridgehead atoms. The van der Waals surface area contributed by atoms with Crippen LogP contribution in [0.5, 0.6) is 0 Å². The first-order chi connectivity index (χ1) is 9.61. The van der Waals surface area contributed by atoms with Gasteiger partial charge in [0.15, 0.2) is 0 Å². The van der Waals surface area contributed by atoms with Gasteiger partial charge in [-0.05, 0) is 65.4 Å². The lowest BCUT2D eigenvalue weighted by molar-refractivity contribution is 0.102. The SMILES string of the molecule is Cc1ccn2cc(C(=O)Nc3cccc(I)c3)nc2c1. The predicted octanol–water partition coefficient (Wildman–Crippen LogP) is 3.50. The lowest BCUT2D eigenvalue weighted by Crippen LogP contribution is -2.12. The Bertz CT molecular complexity index is 795. The van der Waals surface area contributed by atoms with Crippen LogP contribution in [0.2, 0.25) is 0 Å². The Hall–Kier alpha value is -1.89. The number of aryl methyl sites for hydroxylation is 1. The fourth-order valence-corrected chi connectivity index (χ4v) is 2.50. The van der Waals surface area contributed by atoms with E-state index in [9.17, 15) is 4.79 Å². The summed E-state index contributed by atoms with van der Waals surface area (Å²) in [6.45, 7) is 2.00. The zero-order valence-electron chi connectivity index (χ0n) is 10.8. The van der Waals surface area contributed by atoms with Gasteiger partial charge in [0, 0.05) is 21.7 Å². The molecule has 5 heteroatoms. The zero-order valence-corrected chi connectivity index (χ0v) is 13.0. The molecule has 0 fully saturated rings. The van der Waals surface area contributed by atoms with E-state index in [-0.39, 0.29) is 5.91 Å². The molecule has 0 spiro atoms. The van der Waals surface area contributed by atoms with E-state index < -0.39 is 0 Å². The van der Waals surface area contributed by atoms with Crippen molar-refractivity contribution in [3.05, 3.63) is 63.6 Å². The number of nitrogens with zero attached hydrogens (tertiary/aromatic N) is 2. The lowest BCUT2D eigenvalue weighted by atomic mass is 10.3. The van der Waals surface area contributed by atoms with Gasteiger partial charge >= 0.3 is 0 Å². The second-order valence-corrected chi connectivity index (χ2v) is 5.81. The summed E-state index contributed by atoms with van der Waals surface area (Å²) in [7, 11) is 0. The monoisotopic (exact) mass is 377 g/mol. The van der Waals surface area contributed by atoms with Gasteiger partial charge in [-0.25, -0.2) is 4.98 Å². The van der Waals surface area contributed by atoms with Crippen LogP contribution in [0.1, 0.15) is 16.1 Å². The first-order valence-electron chi connectivity index (χ1n) is 6.14. The van der Waals surface area contributed by atoms with Crippen molar-refractivity contribution >= 4 is 39.8 Å². The molecule has 1 N–H and O–H groups in total. The number of benzene rings is 1. The van der Waals surface area contributed by atoms with Crippen LogP contribution in [0.3, 0.4) is 0 Å². The quantitative estimate of drug-likeness (QED) is 0.695. The third kappa shape index (κ3) is 2.67. The molecular weight excluding hydrogens is 365 g/mol. The van der Waals surface area contributed by atoms with Gasteiger partial charge in [0.05, 0.1) is 0 Å². The molecule has 1 aromatic carbocycles. The first kappa shape index (κ1) is 13.1. The topological polar surface area (TPSA) is 46.4 Å². The van der Waals surface area contributed by atoms with Crippen molar-refractivity contribution in [2.45, 2.75) is 6.92 Å². The molecule has 100 valence electrons. The summed E-state index contributed by atoms with van der Waals surface area (Å²) < 4.78 is 2.92. The normalized spacial score (nSPS) is 10.7. The third-order valence-electron chi connectivity index (χ3n) is 2.93. The molecule has 3 rings (SSSR count). The summed E-state index contributed by atoms with van der Waals surface area (Å²) in [6.07, 6.45) is 3.64. The van der Waals surface area contributed by atoms with Crippen LogP contribution in [0.4, 0.5) is 5.69 Å². The number of nitrogens with one attached hydrogen (secondary N) is 1. The van der Waals surface area contributed by atoms with Crippen molar-refractivity contribution in [1.82, 2.24) is 9.38 Å². The minimum absolute atomic E-state index is 0.201. The number of hydrogen-bond acceptors (Lipinski definition) is 2. The van der Waals surface area contributed by atoms with Crippen LogP contribution >= 0.6 is 22.6 Å². The molecule has 1 amide bonds. The van der Waals surface area contributed by atoms with Crippen LogP contribution < -0.4 is 5.32 Å². The molecule has 0 unspecified atom stereocenters. The van der Waals surface area contributed by atoms with E-state index in [0.29, 0.717) is 5.69 Å². The number of amides is 1. The van der Waals surface area contributed by atoms with E-state index in [1.54, 1.807) is 6.20 Å². The second kappa shape index (κ2) is 5.24. The maximum Gasteiger partial charge on any atom is 0.275 e. The largest absolute Gasteiger partial charge is 0.321 e. The summed E-state index contributed by atoms with van der Waals surface area (Å²) >= 11 is 2.21. The number of aromatic nitrogens is 2. The lowest BCUT2D eigenvalue weighted by Gasteiger charge is -2.02. The average Bonchev–Trinajstić information content (AvgIpc) is 2.81. The van der Waals surface area contributed by atoms with Crippen LogP contribution in [0, 0.1) is 10.5 Å². The second-order valence-electron chi connectivity index (χ2n) is 4.56. The summed E-state index contributed by atoms with van der Waals surface area (Å²) in [5.74, 6) is -0.201. The van der Waals surface area contributed by atoms with Gasteiger partial charge in [0.2, 0.25) is 0 Å². The minimum Gasteiger partial charge on any atom is -0.321 e. The number of halogens is 1. The number of carbonyl (C=O) groups is 1. The average molecular weight is 377 g/mol. The molecule has 0 atom stereocenters. The molecule has 0 saturated heterocycles. The fourth-order valence-electron chi connectivity index (χ4n) is 1.95. The maximum atomic E-state index is 12.2. The van der Waals surface area contributed by atoms with Gasteiger partial charge in [-0.1, -0.05) is 6.07 Å². The van der Waals surface area contributed by atoms with Crippen LogP contribution in [-0.4, -0.2) is 15.3 Å². The molecule has 2 heterocycles. The third-order valence-corrected chi connectivity index (χ3v) is 3.60. The van der Waals surface area contributed by atoms with E-state index in [4.69, 9.17) is 0 Å². The van der Waals surface area contributed by atoms with E-state index >= 15 is 0 Å². The predicted molar refractivity (Wildman–Crippen MR) is 87.0 cm³/mol. The van der Waals surface area contributed by atoms with Gasteiger partial charge in [-0.15, -0.1) is 0 Å². The van der Waals surface area contributed by atoms with Gasteiger partial charge in [0.1, 0.15) is 11.3 Å². The number of pyridine rings is 1. The molecule has 20 heavy (non-hydrogen) atoms. The highest BCUT2D eigenvalue weighted by Crippen LogP contribution is 2.14. The van der Waals surface area contributed by atoms with Crippen molar-refractivity contribution in [3.63, 3.8) is 0 Å².